The number of hydrogen-bond donors (Lipinski definition) is 2. The van der Waals surface area contributed by atoms with Crippen LogP contribution < -0.4 is 11.1 Å². The highest BCUT2D eigenvalue weighted by atomic mass is 16.1. The van der Waals surface area contributed by atoms with E-state index in [1.54, 1.807) is 7.05 Å². The fourth-order valence-electron chi connectivity index (χ4n) is 0.718. The van der Waals surface area contributed by atoms with E-state index in [0.717, 1.165) is 0 Å². The van der Waals surface area contributed by atoms with Crippen LogP contribution in [0.5, 0.6) is 0 Å². The second kappa shape index (κ2) is 3.72. The van der Waals surface area contributed by atoms with Gasteiger partial charge in [0.1, 0.15) is 0 Å². The average Bonchev–Trinajstić information content (AvgIpc) is 2.01. The fourth-order valence-corrected chi connectivity index (χ4v) is 0.718. The first kappa shape index (κ1) is 11.2. The zero-order valence-corrected chi connectivity index (χ0v) is 8.27. The molecule has 0 aliphatic carbocycles. The summed E-state index contributed by atoms with van der Waals surface area (Å²) in [7, 11) is 1.59. The maximum absolute atomic E-state index is 11.2. The lowest BCUT2D eigenvalue weighted by Gasteiger charge is -2.30. The van der Waals surface area contributed by atoms with Crippen molar-refractivity contribution < 1.29 is 4.79 Å². The topological polar surface area (TPSA) is 55.1 Å². The lowest BCUT2D eigenvalue weighted by Crippen LogP contribution is -2.40. The van der Waals surface area contributed by atoms with Crippen LogP contribution >= 0.6 is 0 Å². The van der Waals surface area contributed by atoms with Crippen LogP contribution in [0.2, 0.25) is 0 Å². The Bertz CT molecular complexity index is 195. The summed E-state index contributed by atoms with van der Waals surface area (Å²) in [6, 6.07) is -0.0812. The van der Waals surface area contributed by atoms with Crippen molar-refractivity contribution in [3.63, 3.8) is 0 Å². The summed E-state index contributed by atoms with van der Waals surface area (Å²) in [6.45, 7) is 9.42. The predicted molar refractivity (Wildman–Crippen MR) is 50.6 cm³/mol. The van der Waals surface area contributed by atoms with E-state index >= 15 is 0 Å². The van der Waals surface area contributed by atoms with Crippen LogP contribution in [0.25, 0.3) is 0 Å². The average molecular weight is 170 g/mol. The molecular weight excluding hydrogens is 152 g/mol. The molecule has 0 radical (unpaired) electrons. The van der Waals surface area contributed by atoms with Gasteiger partial charge in [0.05, 0.1) is 0 Å². The number of carbonyl (C=O) groups is 1. The molecule has 0 aliphatic rings. The Morgan fingerprint density at radius 2 is 2.00 bits per heavy atom. The van der Waals surface area contributed by atoms with Crippen molar-refractivity contribution >= 4 is 5.91 Å². The van der Waals surface area contributed by atoms with Crippen molar-refractivity contribution in [3.8, 4) is 0 Å². The molecule has 0 unspecified atom stereocenters. The van der Waals surface area contributed by atoms with Gasteiger partial charge in [-0.25, -0.2) is 0 Å². The van der Waals surface area contributed by atoms with Gasteiger partial charge in [-0.05, 0) is 6.92 Å². The molecule has 0 aromatic carbocycles. The maximum atomic E-state index is 11.2. The Morgan fingerprint density at radius 3 is 2.25 bits per heavy atom. The van der Waals surface area contributed by atoms with Gasteiger partial charge in [-0.1, -0.05) is 20.4 Å². The largest absolute Gasteiger partial charge is 0.355 e. The van der Waals surface area contributed by atoms with Gasteiger partial charge in [0.2, 0.25) is 5.91 Å². The molecule has 0 rings (SSSR count). The fraction of sp³-hybridized carbons (Fsp3) is 0.667. The van der Waals surface area contributed by atoms with Gasteiger partial charge >= 0.3 is 0 Å². The SMILES string of the molecule is C=C(C(=O)NC)C(C)(C)[C@H](C)N. The first-order valence-corrected chi connectivity index (χ1v) is 4.01. The van der Waals surface area contributed by atoms with Crippen LogP contribution in [0, 0.1) is 5.41 Å². The molecule has 0 spiro atoms. The molecule has 0 saturated heterocycles. The maximum Gasteiger partial charge on any atom is 0.246 e. The summed E-state index contributed by atoms with van der Waals surface area (Å²) < 4.78 is 0. The van der Waals surface area contributed by atoms with Crippen molar-refractivity contribution in [2.45, 2.75) is 26.8 Å². The van der Waals surface area contributed by atoms with Gasteiger partial charge in [0.15, 0.2) is 0 Å². The van der Waals surface area contributed by atoms with Crippen LogP contribution in [0.4, 0.5) is 0 Å². The Morgan fingerprint density at radius 1 is 1.58 bits per heavy atom. The van der Waals surface area contributed by atoms with E-state index < -0.39 is 0 Å². The third-order valence-corrected chi connectivity index (χ3v) is 2.42. The summed E-state index contributed by atoms with van der Waals surface area (Å²) in [5.41, 5.74) is 5.90. The van der Waals surface area contributed by atoms with E-state index in [9.17, 15) is 4.79 Å². The first-order valence-electron chi connectivity index (χ1n) is 4.01. The van der Waals surface area contributed by atoms with E-state index in [2.05, 4.69) is 11.9 Å². The van der Waals surface area contributed by atoms with Gasteiger partial charge in [-0.15, -0.1) is 0 Å². The van der Waals surface area contributed by atoms with Crippen LogP contribution in [0.3, 0.4) is 0 Å². The van der Waals surface area contributed by atoms with E-state index in [1.807, 2.05) is 20.8 Å². The number of rotatable bonds is 3. The Hall–Kier alpha value is -0.830. The molecule has 3 nitrogen and oxygen atoms in total. The van der Waals surface area contributed by atoms with Crippen LogP contribution in [0.15, 0.2) is 12.2 Å². The third kappa shape index (κ3) is 2.08. The second-order valence-corrected chi connectivity index (χ2v) is 3.57. The van der Waals surface area contributed by atoms with Crippen molar-refractivity contribution in [2.75, 3.05) is 7.05 Å². The zero-order chi connectivity index (χ0) is 9.94. The number of hydrogen-bond acceptors (Lipinski definition) is 2. The summed E-state index contributed by atoms with van der Waals surface area (Å²) in [5, 5.41) is 2.53. The van der Waals surface area contributed by atoms with Gasteiger partial charge < -0.3 is 11.1 Å². The van der Waals surface area contributed by atoms with Gasteiger partial charge in [0, 0.05) is 24.1 Å². The molecule has 0 aromatic heterocycles. The van der Waals surface area contributed by atoms with Crippen LogP contribution in [-0.2, 0) is 4.79 Å². The molecule has 0 heterocycles. The second-order valence-electron chi connectivity index (χ2n) is 3.57. The predicted octanol–water partition coefficient (Wildman–Crippen LogP) is 0.662. The summed E-state index contributed by atoms with van der Waals surface area (Å²) in [4.78, 5) is 11.2. The third-order valence-electron chi connectivity index (χ3n) is 2.42. The standard InChI is InChI=1S/C9H18N2O/c1-6(8(12)11-5)9(3,4)7(2)10/h7H,1,10H2,2-5H3,(H,11,12)/t7-/m0/s1. The summed E-state index contributed by atoms with van der Waals surface area (Å²) in [6.07, 6.45) is 0. The monoisotopic (exact) mass is 170 g/mol. The smallest absolute Gasteiger partial charge is 0.246 e. The molecule has 1 amide bonds. The van der Waals surface area contributed by atoms with Gasteiger partial charge in [0.25, 0.3) is 0 Å². The minimum absolute atomic E-state index is 0.0812. The number of carbonyl (C=O) groups excluding carboxylic acids is 1. The van der Waals surface area contributed by atoms with Crippen LogP contribution in [-0.4, -0.2) is 19.0 Å². The number of amides is 1. The molecule has 70 valence electrons. The minimum Gasteiger partial charge on any atom is -0.355 e. The molecule has 0 saturated carbocycles. The lowest BCUT2D eigenvalue weighted by atomic mass is 9.79. The van der Waals surface area contributed by atoms with Gasteiger partial charge in [-0.2, -0.15) is 0 Å². The molecule has 1 atom stereocenters. The van der Waals surface area contributed by atoms with Crippen molar-refractivity contribution in [3.05, 3.63) is 12.2 Å². The van der Waals surface area contributed by atoms with Gasteiger partial charge in [-0.3, -0.25) is 4.79 Å². The highest BCUT2D eigenvalue weighted by Crippen LogP contribution is 2.27. The van der Waals surface area contributed by atoms with E-state index in [0.29, 0.717) is 5.57 Å². The van der Waals surface area contributed by atoms with E-state index in [1.165, 1.54) is 0 Å². The minimum atomic E-state index is -0.347. The first-order chi connectivity index (χ1) is 5.34. The van der Waals surface area contributed by atoms with Crippen molar-refractivity contribution in [1.29, 1.82) is 0 Å². The zero-order valence-electron chi connectivity index (χ0n) is 8.27. The number of likely N-dealkylation sites (N-methyl/N-ethyl adjacent to an activating group) is 1. The molecule has 0 bridgehead atoms. The highest BCUT2D eigenvalue weighted by Gasteiger charge is 2.29. The Labute approximate surface area is 74.0 Å². The molecular formula is C9H18N2O. The summed E-state index contributed by atoms with van der Waals surface area (Å²) >= 11 is 0. The number of nitrogens with two attached hydrogens (primary N) is 1. The molecule has 3 heteroatoms. The quantitative estimate of drug-likeness (QED) is 0.611. The molecule has 0 fully saturated rings. The van der Waals surface area contributed by atoms with Crippen molar-refractivity contribution in [2.24, 2.45) is 11.1 Å². The van der Waals surface area contributed by atoms with E-state index in [-0.39, 0.29) is 17.4 Å². The van der Waals surface area contributed by atoms with Crippen molar-refractivity contribution in [1.82, 2.24) is 5.32 Å². The Kier molecular flexibility index (Phi) is 3.46. The highest BCUT2D eigenvalue weighted by molar-refractivity contribution is 5.93. The molecule has 12 heavy (non-hydrogen) atoms. The molecule has 0 aliphatic heterocycles. The number of nitrogens with one attached hydrogen (secondary N) is 1. The molecule has 0 aromatic rings. The Balaban J connectivity index is 4.57. The molecule has 3 N–H and O–H groups in total. The summed E-state index contributed by atoms with van der Waals surface area (Å²) in [5.74, 6) is -0.141. The van der Waals surface area contributed by atoms with E-state index in [4.69, 9.17) is 5.73 Å². The van der Waals surface area contributed by atoms with Crippen LogP contribution in [0.1, 0.15) is 20.8 Å². The lowest BCUT2D eigenvalue weighted by molar-refractivity contribution is -0.118. The normalized spacial score (nSPS) is 13.8.